The minimum absolute atomic E-state index is 0.104. The molecule has 1 saturated carbocycles. The molecule has 1 fully saturated rings. The first-order valence-corrected chi connectivity index (χ1v) is 15.1. The standard InChI is InChI=1S/C32H47N3O9/c1-31(2,3)43-29(37)22-41-17-16-39-14-15-40-18-19-42-25-12-10-23(11-13-25)20-28(36)33-27-21-26(24-8-7-9-24)35(34-27)30(38)44-32(4,5)6/h10-13,21,24H,7-9,14-20,22H2,1-6H3,(H,33,34,36). The molecule has 1 N–H and O–H groups in total. The monoisotopic (exact) mass is 617 g/mol. The lowest BCUT2D eigenvalue weighted by Gasteiger charge is -2.26. The van der Waals surface area contributed by atoms with Gasteiger partial charge in [0.05, 0.1) is 45.1 Å². The van der Waals surface area contributed by atoms with Crippen molar-refractivity contribution >= 4 is 23.8 Å². The van der Waals surface area contributed by atoms with Gasteiger partial charge in [-0.05, 0) is 72.1 Å². The lowest BCUT2D eigenvalue weighted by atomic mass is 9.83. The van der Waals surface area contributed by atoms with Gasteiger partial charge in [-0.2, -0.15) is 4.68 Å². The van der Waals surface area contributed by atoms with Gasteiger partial charge in [-0.3, -0.25) is 4.79 Å². The fourth-order valence-electron chi connectivity index (χ4n) is 4.16. The fourth-order valence-corrected chi connectivity index (χ4v) is 4.16. The van der Waals surface area contributed by atoms with Crippen molar-refractivity contribution in [2.75, 3.05) is 51.6 Å². The van der Waals surface area contributed by atoms with Crippen LogP contribution in [0.2, 0.25) is 0 Å². The van der Waals surface area contributed by atoms with Crippen molar-refractivity contribution in [1.82, 2.24) is 9.78 Å². The summed E-state index contributed by atoms with van der Waals surface area (Å²) in [7, 11) is 0. The summed E-state index contributed by atoms with van der Waals surface area (Å²) in [6.45, 7) is 12.9. The number of nitrogens with zero attached hydrogens (tertiary/aromatic N) is 2. The van der Waals surface area contributed by atoms with Crippen molar-refractivity contribution in [3.63, 3.8) is 0 Å². The summed E-state index contributed by atoms with van der Waals surface area (Å²) in [5.41, 5.74) is 0.397. The lowest BCUT2D eigenvalue weighted by Crippen LogP contribution is -2.30. The number of carbonyl (C=O) groups is 3. The molecule has 1 aliphatic rings. The highest BCUT2D eigenvalue weighted by molar-refractivity contribution is 5.91. The van der Waals surface area contributed by atoms with Crippen LogP contribution in [0.4, 0.5) is 10.6 Å². The molecule has 0 aliphatic heterocycles. The molecule has 1 aromatic carbocycles. The average Bonchev–Trinajstić information content (AvgIpc) is 3.28. The number of nitrogens with one attached hydrogen (secondary N) is 1. The van der Waals surface area contributed by atoms with Gasteiger partial charge in [0.25, 0.3) is 0 Å². The predicted octanol–water partition coefficient (Wildman–Crippen LogP) is 4.89. The Hall–Kier alpha value is -3.48. The van der Waals surface area contributed by atoms with Crippen LogP contribution < -0.4 is 10.1 Å². The van der Waals surface area contributed by atoms with Crippen LogP contribution in [0.1, 0.15) is 78.0 Å². The summed E-state index contributed by atoms with van der Waals surface area (Å²) in [6, 6.07) is 9.02. The third-order valence-electron chi connectivity index (χ3n) is 6.26. The highest BCUT2D eigenvalue weighted by atomic mass is 16.6. The quantitative estimate of drug-likeness (QED) is 0.205. The number of amides is 1. The molecule has 244 valence electrons. The van der Waals surface area contributed by atoms with E-state index in [1.807, 2.05) is 12.1 Å². The Morgan fingerprint density at radius 2 is 1.43 bits per heavy atom. The van der Waals surface area contributed by atoms with Gasteiger partial charge in [-0.25, -0.2) is 9.59 Å². The van der Waals surface area contributed by atoms with Crippen molar-refractivity contribution in [1.29, 1.82) is 0 Å². The van der Waals surface area contributed by atoms with Crippen molar-refractivity contribution in [2.24, 2.45) is 0 Å². The van der Waals surface area contributed by atoms with Crippen molar-refractivity contribution in [3.8, 4) is 5.75 Å². The molecule has 2 aromatic rings. The maximum absolute atomic E-state index is 12.7. The first-order valence-electron chi connectivity index (χ1n) is 15.1. The number of rotatable bonds is 16. The van der Waals surface area contributed by atoms with Gasteiger partial charge >= 0.3 is 12.1 Å². The van der Waals surface area contributed by atoms with Crippen molar-refractivity contribution in [3.05, 3.63) is 41.6 Å². The highest BCUT2D eigenvalue weighted by Gasteiger charge is 2.29. The highest BCUT2D eigenvalue weighted by Crippen LogP contribution is 2.37. The molecular weight excluding hydrogens is 570 g/mol. The maximum atomic E-state index is 12.7. The van der Waals surface area contributed by atoms with Crippen LogP contribution in [-0.4, -0.2) is 85.2 Å². The molecule has 1 aliphatic carbocycles. The number of esters is 1. The van der Waals surface area contributed by atoms with Crippen molar-refractivity contribution in [2.45, 2.75) is 84.3 Å². The minimum atomic E-state index is -0.648. The van der Waals surface area contributed by atoms with E-state index in [9.17, 15) is 14.4 Å². The van der Waals surface area contributed by atoms with Gasteiger partial charge in [0, 0.05) is 12.0 Å². The molecule has 1 heterocycles. The number of hydrogen-bond acceptors (Lipinski definition) is 10. The number of benzene rings is 1. The third kappa shape index (κ3) is 13.0. The summed E-state index contributed by atoms with van der Waals surface area (Å²) in [5.74, 6) is 0.589. The molecule has 12 heteroatoms. The number of hydrogen-bond donors (Lipinski definition) is 1. The second kappa shape index (κ2) is 16.6. The first kappa shape index (κ1) is 35.0. The predicted molar refractivity (Wildman–Crippen MR) is 163 cm³/mol. The molecule has 1 aromatic heterocycles. The van der Waals surface area contributed by atoms with E-state index in [1.54, 1.807) is 59.7 Å². The summed E-state index contributed by atoms with van der Waals surface area (Å²) in [5, 5.41) is 7.14. The zero-order valence-electron chi connectivity index (χ0n) is 26.8. The SMILES string of the molecule is CC(C)(C)OC(=O)COCCOCCOCCOc1ccc(CC(=O)Nc2cc(C3CCC3)n(C(=O)OC(C)(C)C)n2)cc1. The maximum Gasteiger partial charge on any atom is 0.435 e. The molecule has 0 spiro atoms. The minimum Gasteiger partial charge on any atom is -0.491 e. The van der Waals surface area contributed by atoms with Crippen molar-refractivity contribution < 1.29 is 42.8 Å². The van der Waals surface area contributed by atoms with Gasteiger partial charge in [0.2, 0.25) is 5.91 Å². The van der Waals surface area contributed by atoms with E-state index in [4.69, 9.17) is 28.4 Å². The van der Waals surface area contributed by atoms with E-state index >= 15 is 0 Å². The van der Waals surface area contributed by atoms with E-state index in [0.717, 1.165) is 30.5 Å². The number of ether oxygens (including phenoxy) is 6. The summed E-state index contributed by atoms with van der Waals surface area (Å²) in [4.78, 5) is 37.0. The van der Waals surface area contributed by atoms with E-state index in [1.165, 1.54) is 4.68 Å². The first-order chi connectivity index (χ1) is 20.8. The molecule has 12 nitrogen and oxygen atoms in total. The normalized spacial score (nSPS) is 13.7. The van der Waals surface area contributed by atoms with Gasteiger partial charge in [0.15, 0.2) is 5.82 Å². The molecule has 1 amide bonds. The summed E-state index contributed by atoms with van der Waals surface area (Å²) in [6.07, 6.45) is 2.66. The Balaban J connectivity index is 1.30. The molecule has 0 radical (unpaired) electrons. The topological polar surface area (TPSA) is 136 Å². The van der Waals surface area contributed by atoms with Crippen LogP contribution in [0.5, 0.6) is 5.75 Å². The Morgan fingerprint density at radius 1 is 0.841 bits per heavy atom. The van der Waals surface area contributed by atoms with Gasteiger partial charge in [0.1, 0.15) is 30.2 Å². The number of carbonyl (C=O) groups excluding carboxylic acids is 3. The largest absolute Gasteiger partial charge is 0.491 e. The smallest absolute Gasteiger partial charge is 0.435 e. The lowest BCUT2D eigenvalue weighted by molar-refractivity contribution is -0.160. The molecule has 0 saturated heterocycles. The van der Waals surface area contributed by atoms with E-state index in [0.29, 0.717) is 51.2 Å². The van der Waals surface area contributed by atoms with Gasteiger partial charge < -0.3 is 33.7 Å². The molecule has 0 bridgehead atoms. The van der Waals surface area contributed by atoms with Crippen LogP contribution in [0.15, 0.2) is 30.3 Å². The Labute approximate surface area is 259 Å². The zero-order valence-corrected chi connectivity index (χ0v) is 26.8. The average molecular weight is 618 g/mol. The Bertz CT molecular complexity index is 1210. The molecule has 3 rings (SSSR count). The molecular formula is C32H47N3O9. The van der Waals surface area contributed by atoms with E-state index < -0.39 is 23.3 Å². The van der Waals surface area contributed by atoms with Crippen LogP contribution in [0, 0.1) is 0 Å². The van der Waals surface area contributed by atoms with Crippen LogP contribution in [-0.2, 0) is 39.7 Å². The number of aromatic nitrogens is 2. The Kier molecular flexibility index (Phi) is 13.2. The van der Waals surface area contributed by atoms with Gasteiger partial charge in [-0.15, -0.1) is 5.10 Å². The van der Waals surface area contributed by atoms with E-state index in [-0.39, 0.29) is 24.9 Å². The number of anilines is 1. The van der Waals surface area contributed by atoms with Crippen LogP contribution in [0.3, 0.4) is 0 Å². The Morgan fingerprint density at radius 3 is 2.00 bits per heavy atom. The second-order valence-electron chi connectivity index (χ2n) is 12.6. The second-order valence-corrected chi connectivity index (χ2v) is 12.6. The van der Waals surface area contributed by atoms with E-state index in [2.05, 4.69) is 10.4 Å². The zero-order chi connectivity index (χ0) is 32.2. The summed E-state index contributed by atoms with van der Waals surface area (Å²) < 4.78 is 33.8. The third-order valence-corrected chi connectivity index (χ3v) is 6.26. The van der Waals surface area contributed by atoms with Crippen LogP contribution in [0.25, 0.3) is 0 Å². The molecule has 0 atom stereocenters. The molecule has 44 heavy (non-hydrogen) atoms. The fraction of sp³-hybridized carbons (Fsp3) is 0.625. The summed E-state index contributed by atoms with van der Waals surface area (Å²) >= 11 is 0. The van der Waals surface area contributed by atoms with Gasteiger partial charge in [-0.1, -0.05) is 18.6 Å². The molecule has 0 unspecified atom stereocenters. The van der Waals surface area contributed by atoms with Crippen LogP contribution >= 0.6 is 0 Å².